The maximum Gasteiger partial charge on any atom is 0.253 e. The molecule has 11 heteroatoms. The lowest BCUT2D eigenvalue weighted by atomic mass is 9.85. The number of methoxy groups -OCH3 is 1. The van der Waals surface area contributed by atoms with Crippen LogP contribution in [0.1, 0.15) is 55.7 Å². The van der Waals surface area contributed by atoms with Crippen LogP contribution in [-0.4, -0.2) is 22.2 Å². The molecule has 5 rings (SSSR count). The Morgan fingerprint density at radius 2 is 1.82 bits per heavy atom. The van der Waals surface area contributed by atoms with Crippen molar-refractivity contribution in [2.75, 3.05) is 22.6 Å². The predicted molar refractivity (Wildman–Crippen MR) is 145 cm³/mol. The molecule has 2 aromatic carbocycles. The molecule has 3 heterocycles. The number of furan rings is 1. The number of nitrogens with zero attached hydrogens (tertiary/aromatic N) is 3. The van der Waals surface area contributed by atoms with Gasteiger partial charge in [-0.2, -0.15) is 0 Å². The number of benzene rings is 1. The molecule has 0 radical (unpaired) electrons. The summed E-state index contributed by atoms with van der Waals surface area (Å²) >= 11 is 6.48. The standard InChI is InChI=1S/C27H28ClN5O5/c1-13-6-9-18(38-13)24(27(2,3)4)32-21-20(22(34)23(21)35)31-17-8-7-16(28)15-12-33(25(36)19(15)17)26-29-10-14(37-5)11-30-26/h6-11,24-25,31-32,36H,12H2,1-5H3/t24-,25?/m0/s1. The number of nitrogens with one attached hydrogen (secondary N) is 2. The Balaban J connectivity index is 1.47. The Bertz CT molecular complexity index is 1570. The summed E-state index contributed by atoms with van der Waals surface area (Å²) in [6.45, 7) is 8.14. The van der Waals surface area contributed by atoms with Crippen LogP contribution in [0.25, 0.3) is 0 Å². The smallest absolute Gasteiger partial charge is 0.253 e. The van der Waals surface area contributed by atoms with Crippen molar-refractivity contribution in [3.05, 3.63) is 84.8 Å². The minimum Gasteiger partial charge on any atom is -0.494 e. The molecule has 4 aromatic rings. The van der Waals surface area contributed by atoms with Crippen LogP contribution in [0.3, 0.4) is 0 Å². The lowest BCUT2D eigenvalue weighted by molar-refractivity contribution is 0.180. The Morgan fingerprint density at radius 3 is 2.42 bits per heavy atom. The number of aliphatic hydroxyl groups excluding tert-OH is 1. The van der Waals surface area contributed by atoms with Gasteiger partial charge in [0.05, 0.1) is 32.1 Å². The number of hydrogen-bond acceptors (Lipinski definition) is 10. The Hall–Kier alpha value is -3.89. The summed E-state index contributed by atoms with van der Waals surface area (Å²) in [4.78, 5) is 35.5. The van der Waals surface area contributed by atoms with E-state index in [-0.39, 0.29) is 35.3 Å². The largest absolute Gasteiger partial charge is 0.494 e. The first-order chi connectivity index (χ1) is 18.0. The van der Waals surface area contributed by atoms with Crippen molar-refractivity contribution in [2.24, 2.45) is 5.41 Å². The molecule has 0 saturated carbocycles. The van der Waals surface area contributed by atoms with Crippen LogP contribution in [0.15, 0.2) is 50.7 Å². The molecular weight excluding hydrogens is 510 g/mol. The van der Waals surface area contributed by atoms with E-state index in [0.29, 0.717) is 33.3 Å². The lowest BCUT2D eigenvalue weighted by Crippen LogP contribution is -2.39. The number of aliphatic hydroxyl groups is 1. The molecule has 2 atom stereocenters. The van der Waals surface area contributed by atoms with E-state index in [0.717, 1.165) is 5.76 Å². The Labute approximate surface area is 223 Å². The van der Waals surface area contributed by atoms with Crippen molar-refractivity contribution in [1.82, 2.24) is 9.97 Å². The van der Waals surface area contributed by atoms with E-state index in [1.807, 2.05) is 39.8 Å². The maximum absolute atomic E-state index is 12.7. The van der Waals surface area contributed by atoms with Crippen molar-refractivity contribution in [2.45, 2.75) is 46.5 Å². The first-order valence-corrected chi connectivity index (χ1v) is 12.4. The molecule has 10 nitrogen and oxygen atoms in total. The van der Waals surface area contributed by atoms with Crippen LogP contribution in [0.5, 0.6) is 5.75 Å². The number of aromatic nitrogens is 2. The second-order valence-electron chi connectivity index (χ2n) is 10.3. The SMILES string of the molecule is COc1cnc(N2Cc3c(Cl)ccc(Nc4c(N[C@@H](c5ccc(C)o5)C(C)(C)C)c(=O)c4=O)c3C2O)nc1. The third kappa shape index (κ3) is 4.39. The minimum atomic E-state index is -1.14. The molecular formula is C27H28ClN5O5. The summed E-state index contributed by atoms with van der Waals surface area (Å²) in [6, 6.07) is 6.68. The molecule has 3 N–H and O–H groups in total. The first kappa shape index (κ1) is 25.7. The summed E-state index contributed by atoms with van der Waals surface area (Å²) in [5.74, 6) is 2.18. The zero-order valence-corrected chi connectivity index (χ0v) is 22.4. The minimum absolute atomic E-state index is 0.114. The number of anilines is 4. The molecule has 0 fully saturated rings. The van der Waals surface area contributed by atoms with Crippen LogP contribution < -0.4 is 31.1 Å². The van der Waals surface area contributed by atoms with E-state index in [1.165, 1.54) is 19.5 Å². The van der Waals surface area contributed by atoms with Crippen molar-refractivity contribution < 1.29 is 14.3 Å². The number of aryl methyl sites for hydroxylation is 1. The first-order valence-electron chi connectivity index (χ1n) is 12.0. The van der Waals surface area contributed by atoms with Gasteiger partial charge in [-0.3, -0.25) is 9.59 Å². The molecule has 198 valence electrons. The molecule has 0 saturated heterocycles. The van der Waals surface area contributed by atoms with Crippen LogP contribution in [0, 0.1) is 12.3 Å². The highest BCUT2D eigenvalue weighted by Gasteiger charge is 2.36. The molecule has 1 aliphatic heterocycles. The lowest BCUT2D eigenvalue weighted by Gasteiger charge is -2.32. The summed E-state index contributed by atoms with van der Waals surface area (Å²) in [7, 11) is 1.51. The summed E-state index contributed by atoms with van der Waals surface area (Å²) in [6.07, 6.45) is 1.87. The molecule has 38 heavy (non-hydrogen) atoms. The molecule has 0 amide bonds. The molecule has 2 aromatic heterocycles. The molecule has 1 unspecified atom stereocenters. The highest BCUT2D eigenvalue weighted by atomic mass is 35.5. The Kier molecular flexibility index (Phi) is 6.40. The predicted octanol–water partition coefficient (Wildman–Crippen LogP) is 4.59. The molecule has 1 aliphatic rings. The molecule has 0 spiro atoms. The molecule has 0 bridgehead atoms. The quantitative estimate of drug-likeness (QED) is 0.288. The van der Waals surface area contributed by atoms with E-state index in [9.17, 15) is 14.7 Å². The fraction of sp³-hybridized carbons (Fsp3) is 0.333. The van der Waals surface area contributed by atoms with Crippen molar-refractivity contribution in [3.8, 4) is 5.75 Å². The van der Waals surface area contributed by atoms with Gasteiger partial charge in [0.25, 0.3) is 10.9 Å². The van der Waals surface area contributed by atoms with E-state index in [1.54, 1.807) is 17.0 Å². The summed E-state index contributed by atoms with van der Waals surface area (Å²) in [5.41, 5.74) is 0.257. The second-order valence-corrected chi connectivity index (χ2v) is 10.7. The van der Waals surface area contributed by atoms with Crippen molar-refractivity contribution in [3.63, 3.8) is 0 Å². The average Bonchev–Trinajstić information content (AvgIpc) is 3.47. The van der Waals surface area contributed by atoms with Gasteiger partial charge in [0.2, 0.25) is 5.95 Å². The second kappa shape index (κ2) is 9.45. The van der Waals surface area contributed by atoms with Gasteiger partial charge >= 0.3 is 0 Å². The zero-order valence-electron chi connectivity index (χ0n) is 21.6. The van der Waals surface area contributed by atoms with E-state index in [4.69, 9.17) is 20.8 Å². The van der Waals surface area contributed by atoms with Crippen molar-refractivity contribution >= 4 is 34.6 Å². The Morgan fingerprint density at radius 1 is 1.13 bits per heavy atom. The fourth-order valence-corrected chi connectivity index (χ4v) is 4.83. The number of hydrogen-bond donors (Lipinski definition) is 3. The normalized spacial score (nSPS) is 16.0. The van der Waals surface area contributed by atoms with Gasteiger partial charge in [-0.1, -0.05) is 32.4 Å². The van der Waals surface area contributed by atoms with Gasteiger partial charge in [-0.15, -0.1) is 0 Å². The van der Waals surface area contributed by atoms with E-state index < -0.39 is 17.1 Å². The number of halogens is 1. The summed E-state index contributed by atoms with van der Waals surface area (Å²) < 4.78 is 11.0. The van der Waals surface area contributed by atoms with Crippen LogP contribution in [0.2, 0.25) is 5.02 Å². The third-order valence-corrected chi connectivity index (χ3v) is 7.01. The van der Waals surface area contributed by atoms with Gasteiger partial charge in [0.1, 0.15) is 22.9 Å². The maximum atomic E-state index is 12.7. The summed E-state index contributed by atoms with van der Waals surface area (Å²) in [5, 5.41) is 18.0. The number of rotatable bonds is 7. The highest BCUT2D eigenvalue weighted by molar-refractivity contribution is 6.31. The van der Waals surface area contributed by atoms with Gasteiger partial charge < -0.3 is 29.8 Å². The third-order valence-electron chi connectivity index (χ3n) is 6.66. The monoisotopic (exact) mass is 537 g/mol. The zero-order chi connectivity index (χ0) is 27.4. The number of ether oxygens (including phenoxy) is 1. The van der Waals surface area contributed by atoms with E-state index >= 15 is 0 Å². The molecule has 0 aliphatic carbocycles. The highest BCUT2D eigenvalue weighted by Crippen LogP contribution is 2.44. The van der Waals surface area contributed by atoms with Gasteiger partial charge in [0.15, 0.2) is 12.0 Å². The van der Waals surface area contributed by atoms with Gasteiger partial charge in [-0.25, -0.2) is 9.97 Å². The van der Waals surface area contributed by atoms with Crippen LogP contribution in [0.4, 0.5) is 23.0 Å². The average molecular weight is 538 g/mol. The number of fused-ring (bicyclic) bond motifs is 1. The topological polar surface area (TPSA) is 130 Å². The van der Waals surface area contributed by atoms with Crippen molar-refractivity contribution in [1.29, 1.82) is 0 Å². The fourth-order valence-electron chi connectivity index (χ4n) is 4.61. The van der Waals surface area contributed by atoms with Gasteiger partial charge in [0, 0.05) is 16.3 Å². The van der Waals surface area contributed by atoms with Crippen LogP contribution >= 0.6 is 11.6 Å². The van der Waals surface area contributed by atoms with Gasteiger partial charge in [-0.05, 0) is 42.2 Å². The van der Waals surface area contributed by atoms with Crippen LogP contribution in [-0.2, 0) is 6.54 Å². The van der Waals surface area contributed by atoms with E-state index in [2.05, 4.69) is 20.6 Å².